The van der Waals surface area contributed by atoms with Crippen molar-refractivity contribution >= 4 is 19.7 Å². The Balaban J connectivity index is 3.55. The maximum absolute atomic E-state index is 12.1. The number of ether oxygens (including phenoxy) is 1. The molecule has 2 atom stereocenters. The van der Waals surface area contributed by atoms with Crippen LogP contribution in [-0.2, 0) is 27.9 Å². The van der Waals surface area contributed by atoms with Crippen LogP contribution in [0, 0.1) is 0 Å². The highest BCUT2D eigenvalue weighted by atomic mass is 31.2. The molecule has 0 aliphatic heterocycles. The van der Waals surface area contributed by atoms with Gasteiger partial charge in [-0.3, -0.25) is 18.6 Å². The van der Waals surface area contributed by atoms with E-state index in [2.05, 4.69) is 43.5 Å². The lowest BCUT2D eigenvalue weighted by atomic mass is 10.0. The minimum absolute atomic E-state index is 0.0846. The van der Waals surface area contributed by atoms with Gasteiger partial charge in [-0.25, -0.2) is 4.57 Å². The Bertz CT molecular complexity index is 1020. The van der Waals surface area contributed by atoms with Gasteiger partial charge in [-0.2, -0.15) is 0 Å². The van der Waals surface area contributed by atoms with Crippen LogP contribution in [0.5, 0.6) is 0 Å². The fourth-order valence-electron chi connectivity index (χ4n) is 7.12. The summed E-state index contributed by atoms with van der Waals surface area (Å²) in [6.45, 7) is 3.57. The van der Waals surface area contributed by atoms with Gasteiger partial charge in [0.2, 0.25) is 5.91 Å². The number of phosphoric ester groups is 1. The van der Waals surface area contributed by atoms with Crippen molar-refractivity contribution in [2.75, 3.05) is 26.4 Å². The highest BCUT2D eigenvalue weighted by molar-refractivity contribution is 7.47. The number of rotatable bonds is 47. The van der Waals surface area contributed by atoms with Gasteiger partial charge in [0.15, 0.2) is 0 Å². The second kappa shape index (κ2) is 46.0. The number of aliphatic hydroxyl groups excluding tert-OH is 1. The lowest BCUT2D eigenvalue weighted by molar-refractivity contribution is -0.147. The Labute approximate surface area is 363 Å². The summed E-state index contributed by atoms with van der Waals surface area (Å²) in [5.41, 5.74) is 0. The van der Waals surface area contributed by atoms with Crippen molar-refractivity contribution in [1.82, 2.24) is 5.32 Å². The van der Waals surface area contributed by atoms with Crippen LogP contribution in [0.1, 0.15) is 245 Å². The fraction of sp³-hybridized carbons (Fsp3) is 0.878. The smallest absolute Gasteiger partial charge is 0.463 e. The third-order valence-corrected chi connectivity index (χ3v) is 11.9. The summed E-state index contributed by atoms with van der Waals surface area (Å²) in [5.74, 6) is -0.514. The monoisotopic (exact) mass is 856 g/mol. The number of hydrogen-bond acceptors (Lipinski definition) is 7. The highest BCUT2D eigenvalue weighted by Crippen LogP contribution is 2.42. The molecule has 3 N–H and O–H groups in total. The predicted octanol–water partition coefficient (Wildman–Crippen LogP) is 14.3. The Morgan fingerprint density at radius 2 is 0.915 bits per heavy atom. The van der Waals surface area contributed by atoms with Gasteiger partial charge in [-0.1, -0.05) is 212 Å². The van der Waals surface area contributed by atoms with Crippen LogP contribution in [0.2, 0.25) is 0 Å². The number of unbranched alkanes of at least 4 members (excludes halogenated alkanes) is 30. The fourth-order valence-corrected chi connectivity index (χ4v) is 7.88. The van der Waals surface area contributed by atoms with E-state index in [0.717, 1.165) is 57.8 Å². The van der Waals surface area contributed by atoms with Gasteiger partial charge >= 0.3 is 13.8 Å². The number of carbonyl (C=O) groups excluding carboxylic acids is 2. The average molecular weight is 856 g/mol. The van der Waals surface area contributed by atoms with Crippen LogP contribution in [0.15, 0.2) is 24.3 Å². The molecule has 1 amide bonds. The largest absolute Gasteiger partial charge is 0.472 e. The SMILES string of the molecule is CCCCCC/C=C\C/C=C\CCCCCCCCCC(=O)OCC(O)COP(=O)(O)OCCNC(=O)CCCCCCCCCCCCCCCCCCCCCC. The van der Waals surface area contributed by atoms with Crippen LogP contribution in [0.3, 0.4) is 0 Å². The Hall–Kier alpha value is -1.51. The van der Waals surface area contributed by atoms with E-state index in [1.807, 2.05) is 0 Å². The molecule has 0 spiro atoms. The molecule has 9 nitrogen and oxygen atoms in total. The summed E-state index contributed by atoms with van der Waals surface area (Å²) in [4.78, 5) is 34.0. The van der Waals surface area contributed by atoms with Gasteiger partial charge in [0.25, 0.3) is 0 Å². The maximum Gasteiger partial charge on any atom is 0.472 e. The standard InChI is InChI=1S/C49H94NO8P/c1-3-5-7-9-11-13-15-17-19-21-23-24-25-27-29-31-33-35-37-39-41-48(52)50-43-44-57-59(54,55)58-46-47(51)45-56-49(53)42-40-38-36-34-32-30-28-26-22-20-18-16-14-12-10-8-6-4-2/h14,16,20,22,47,51H,3-13,15,17-19,21,23-46H2,1-2H3,(H,50,52)(H,54,55)/b16-14-,22-20-. The summed E-state index contributed by atoms with van der Waals surface area (Å²) in [6.07, 6.45) is 51.1. The molecular weight excluding hydrogens is 762 g/mol. The van der Waals surface area contributed by atoms with E-state index >= 15 is 0 Å². The molecule has 0 bridgehead atoms. The Morgan fingerprint density at radius 3 is 1.37 bits per heavy atom. The molecule has 0 rings (SSSR count). The van der Waals surface area contributed by atoms with E-state index in [1.54, 1.807) is 0 Å². The molecular formula is C49H94NO8P. The summed E-state index contributed by atoms with van der Waals surface area (Å²) in [5, 5.41) is 12.7. The summed E-state index contributed by atoms with van der Waals surface area (Å²) < 4.78 is 27.0. The first-order chi connectivity index (χ1) is 28.8. The van der Waals surface area contributed by atoms with Crippen LogP contribution < -0.4 is 5.32 Å². The number of hydrogen-bond donors (Lipinski definition) is 3. The van der Waals surface area contributed by atoms with Crippen molar-refractivity contribution in [1.29, 1.82) is 0 Å². The van der Waals surface area contributed by atoms with Gasteiger partial charge < -0.3 is 20.1 Å². The quantitative estimate of drug-likeness (QED) is 0.0239. The summed E-state index contributed by atoms with van der Waals surface area (Å²) >= 11 is 0. The molecule has 2 unspecified atom stereocenters. The predicted molar refractivity (Wildman–Crippen MR) is 248 cm³/mol. The molecule has 59 heavy (non-hydrogen) atoms. The summed E-state index contributed by atoms with van der Waals surface area (Å²) in [6, 6.07) is 0. The van der Waals surface area contributed by atoms with E-state index in [4.69, 9.17) is 13.8 Å². The van der Waals surface area contributed by atoms with Crippen molar-refractivity contribution in [2.45, 2.75) is 251 Å². The Kier molecular flexibility index (Phi) is 44.8. The van der Waals surface area contributed by atoms with Crippen molar-refractivity contribution in [2.24, 2.45) is 0 Å². The zero-order chi connectivity index (χ0) is 43.2. The number of amides is 1. The first kappa shape index (κ1) is 57.5. The van der Waals surface area contributed by atoms with Gasteiger partial charge in [0, 0.05) is 19.4 Å². The lowest BCUT2D eigenvalue weighted by Gasteiger charge is -2.15. The van der Waals surface area contributed by atoms with Crippen LogP contribution in [-0.4, -0.2) is 54.3 Å². The van der Waals surface area contributed by atoms with Crippen molar-refractivity contribution in [3.8, 4) is 0 Å². The maximum atomic E-state index is 12.1. The number of esters is 1. The van der Waals surface area contributed by atoms with E-state index < -0.39 is 26.5 Å². The molecule has 0 saturated heterocycles. The van der Waals surface area contributed by atoms with Crippen LogP contribution in [0.25, 0.3) is 0 Å². The van der Waals surface area contributed by atoms with Crippen molar-refractivity contribution in [3.05, 3.63) is 24.3 Å². The zero-order valence-corrected chi connectivity index (χ0v) is 39.4. The van der Waals surface area contributed by atoms with E-state index in [1.165, 1.54) is 161 Å². The molecule has 0 fully saturated rings. The Morgan fingerprint density at radius 1 is 0.525 bits per heavy atom. The second-order valence-electron chi connectivity index (χ2n) is 16.8. The van der Waals surface area contributed by atoms with Crippen molar-refractivity contribution < 1.29 is 37.9 Å². The zero-order valence-electron chi connectivity index (χ0n) is 38.5. The molecule has 0 aliphatic carbocycles. The van der Waals surface area contributed by atoms with E-state index in [0.29, 0.717) is 6.42 Å². The minimum Gasteiger partial charge on any atom is -0.463 e. The highest BCUT2D eigenvalue weighted by Gasteiger charge is 2.23. The normalized spacial score (nSPS) is 13.4. The molecule has 0 heterocycles. The number of nitrogens with one attached hydrogen (secondary N) is 1. The van der Waals surface area contributed by atoms with Gasteiger partial charge in [0.05, 0.1) is 13.2 Å². The van der Waals surface area contributed by atoms with Crippen LogP contribution >= 0.6 is 7.82 Å². The first-order valence-corrected chi connectivity index (χ1v) is 26.3. The molecule has 0 radical (unpaired) electrons. The molecule has 0 aromatic heterocycles. The molecule has 10 heteroatoms. The summed E-state index contributed by atoms with van der Waals surface area (Å²) in [7, 11) is -4.42. The van der Waals surface area contributed by atoms with Gasteiger partial charge in [0.1, 0.15) is 12.7 Å². The number of carbonyl (C=O) groups is 2. The minimum atomic E-state index is -4.42. The third-order valence-electron chi connectivity index (χ3n) is 10.9. The van der Waals surface area contributed by atoms with Crippen molar-refractivity contribution in [3.63, 3.8) is 0 Å². The molecule has 0 aromatic carbocycles. The average Bonchev–Trinajstić information content (AvgIpc) is 3.22. The number of aliphatic hydroxyl groups is 1. The van der Waals surface area contributed by atoms with Gasteiger partial charge in [-0.05, 0) is 44.9 Å². The van der Waals surface area contributed by atoms with E-state index in [-0.39, 0.29) is 32.1 Å². The topological polar surface area (TPSA) is 131 Å². The third kappa shape index (κ3) is 47.4. The molecule has 0 aromatic rings. The first-order valence-electron chi connectivity index (χ1n) is 24.8. The van der Waals surface area contributed by atoms with Crippen LogP contribution in [0.4, 0.5) is 0 Å². The second-order valence-corrected chi connectivity index (χ2v) is 18.2. The number of phosphoric acid groups is 1. The molecule has 0 saturated carbocycles. The van der Waals surface area contributed by atoms with Gasteiger partial charge in [-0.15, -0.1) is 0 Å². The number of allylic oxidation sites excluding steroid dienone is 4. The van der Waals surface area contributed by atoms with E-state index in [9.17, 15) is 24.2 Å². The molecule has 348 valence electrons. The lowest BCUT2D eigenvalue weighted by Crippen LogP contribution is -2.27. The molecule has 0 aliphatic rings.